The maximum absolute atomic E-state index is 6.14. The van der Waals surface area contributed by atoms with Crippen LogP contribution in [0.2, 0.25) is 5.02 Å². The van der Waals surface area contributed by atoms with Crippen LogP contribution in [-0.4, -0.2) is 28.1 Å². The van der Waals surface area contributed by atoms with Crippen LogP contribution in [0.3, 0.4) is 0 Å². The van der Waals surface area contributed by atoms with E-state index in [1.165, 1.54) is 5.69 Å². The van der Waals surface area contributed by atoms with E-state index in [9.17, 15) is 0 Å². The number of rotatable bonds is 4. The second kappa shape index (κ2) is 5.74. The smallest absolute Gasteiger partial charge is 0.132 e. The zero-order valence-electron chi connectivity index (χ0n) is 12.1. The number of fused-ring (bicyclic) bond motifs is 1. The Bertz CT molecular complexity index is 745. The van der Waals surface area contributed by atoms with E-state index in [0.717, 1.165) is 29.8 Å². The topological polar surface area (TPSA) is 34.0 Å². The summed E-state index contributed by atoms with van der Waals surface area (Å²) in [6.07, 6.45) is 0. The fraction of sp³-hybridized carbons (Fsp3) is 0.250. The largest absolute Gasteiger partial charge is 0.372 e. The summed E-state index contributed by atoms with van der Waals surface area (Å²) in [7, 11) is 0. The van der Waals surface area contributed by atoms with Crippen molar-refractivity contribution in [1.82, 2.24) is 15.0 Å². The molecule has 108 valence electrons. The molecule has 5 heteroatoms. The van der Waals surface area contributed by atoms with E-state index in [2.05, 4.69) is 41.1 Å². The van der Waals surface area contributed by atoms with Crippen molar-refractivity contribution in [2.45, 2.75) is 13.8 Å². The predicted molar refractivity (Wildman–Crippen MR) is 87.4 cm³/mol. The van der Waals surface area contributed by atoms with E-state index in [1.54, 1.807) is 4.80 Å². The van der Waals surface area contributed by atoms with E-state index >= 15 is 0 Å². The van der Waals surface area contributed by atoms with Crippen LogP contribution in [0.1, 0.15) is 13.8 Å². The lowest BCUT2D eigenvalue weighted by Gasteiger charge is -2.20. The van der Waals surface area contributed by atoms with Crippen molar-refractivity contribution in [1.29, 1.82) is 0 Å². The Morgan fingerprint density at radius 3 is 2.33 bits per heavy atom. The molecule has 3 rings (SSSR count). The summed E-state index contributed by atoms with van der Waals surface area (Å²) in [5, 5.41) is 9.55. The lowest BCUT2D eigenvalue weighted by molar-refractivity contribution is 0.765. The number of nitrogens with zero attached hydrogens (tertiary/aromatic N) is 4. The molecule has 0 aliphatic heterocycles. The number of anilines is 1. The Hall–Kier alpha value is -2.07. The van der Waals surface area contributed by atoms with E-state index in [4.69, 9.17) is 11.6 Å². The molecule has 0 amide bonds. The number of halogens is 1. The van der Waals surface area contributed by atoms with Gasteiger partial charge in [-0.25, -0.2) is 0 Å². The van der Waals surface area contributed by atoms with E-state index in [0.29, 0.717) is 5.02 Å². The third kappa shape index (κ3) is 2.59. The molecule has 0 radical (unpaired) electrons. The van der Waals surface area contributed by atoms with Gasteiger partial charge in [0, 0.05) is 18.8 Å². The van der Waals surface area contributed by atoms with E-state index in [-0.39, 0.29) is 0 Å². The monoisotopic (exact) mass is 300 g/mol. The molecule has 1 aromatic heterocycles. The van der Waals surface area contributed by atoms with Gasteiger partial charge in [-0.3, -0.25) is 0 Å². The fourth-order valence-electron chi connectivity index (χ4n) is 2.40. The average Bonchev–Trinajstić information content (AvgIpc) is 2.95. The van der Waals surface area contributed by atoms with Gasteiger partial charge in [0.1, 0.15) is 11.0 Å². The molecule has 2 aromatic carbocycles. The molecule has 21 heavy (non-hydrogen) atoms. The summed E-state index contributed by atoms with van der Waals surface area (Å²) in [5.74, 6) is 0. The summed E-state index contributed by atoms with van der Waals surface area (Å²) in [6, 6.07) is 13.9. The molecule has 0 unspecified atom stereocenters. The van der Waals surface area contributed by atoms with Crippen molar-refractivity contribution in [2.75, 3.05) is 18.0 Å². The van der Waals surface area contributed by atoms with Crippen LogP contribution in [-0.2, 0) is 0 Å². The van der Waals surface area contributed by atoms with Crippen LogP contribution in [0.4, 0.5) is 5.69 Å². The summed E-state index contributed by atoms with van der Waals surface area (Å²) in [6.45, 7) is 6.30. The molecule has 0 aliphatic rings. The van der Waals surface area contributed by atoms with Gasteiger partial charge < -0.3 is 4.90 Å². The fourth-order valence-corrected chi connectivity index (χ4v) is 2.61. The lowest BCUT2D eigenvalue weighted by atomic mass is 10.2. The zero-order valence-corrected chi connectivity index (χ0v) is 12.9. The molecule has 0 fully saturated rings. The van der Waals surface area contributed by atoms with Gasteiger partial charge in [-0.05, 0) is 50.2 Å². The molecule has 0 saturated carbocycles. The molecule has 4 nitrogen and oxygen atoms in total. The number of aromatic nitrogens is 3. The molecule has 0 aliphatic carbocycles. The van der Waals surface area contributed by atoms with Gasteiger partial charge in [0.2, 0.25) is 0 Å². The minimum absolute atomic E-state index is 0.624. The lowest BCUT2D eigenvalue weighted by Crippen LogP contribution is -2.21. The van der Waals surface area contributed by atoms with Crippen molar-refractivity contribution in [2.24, 2.45) is 0 Å². The number of hydrogen-bond donors (Lipinski definition) is 0. The molecule has 3 aromatic rings. The number of benzene rings is 2. The van der Waals surface area contributed by atoms with Gasteiger partial charge in [-0.2, -0.15) is 4.80 Å². The Morgan fingerprint density at radius 2 is 1.71 bits per heavy atom. The normalized spacial score (nSPS) is 11.0. The van der Waals surface area contributed by atoms with Crippen molar-refractivity contribution >= 4 is 28.3 Å². The Kier molecular flexibility index (Phi) is 3.80. The van der Waals surface area contributed by atoms with Gasteiger partial charge in [0.25, 0.3) is 0 Å². The summed E-state index contributed by atoms with van der Waals surface area (Å²) < 4.78 is 0. The third-order valence-corrected chi connectivity index (χ3v) is 3.88. The first-order valence-electron chi connectivity index (χ1n) is 7.10. The highest BCUT2D eigenvalue weighted by molar-refractivity contribution is 6.34. The second-order valence-corrected chi connectivity index (χ2v) is 5.19. The Labute approximate surface area is 128 Å². The quantitative estimate of drug-likeness (QED) is 0.732. The van der Waals surface area contributed by atoms with Gasteiger partial charge in [0.15, 0.2) is 0 Å². The first-order valence-corrected chi connectivity index (χ1v) is 7.47. The Balaban J connectivity index is 1.97. The maximum Gasteiger partial charge on any atom is 0.132 e. The standard InChI is InChI=1S/C16H17ClN4/c1-3-20(4-2)12-8-10-13(11-9-12)21-18-15-7-5-6-14(17)16(15)19-21/h5-11H,3-4H2,1-2H3. The molecule has 0 saturated heterocycles. The van der Waals surface area contributed by atoms with Crippen LogP contribution >= 0.6 is 11.6 Å². The molecule has 0 N–H and O–H groups in total. The summed E-state index contributed by atoms with van der Waals surface area (Å²) in [5.41, 5.74) is 3.67. The van der Waals surface area contributed by atoms with Crippen molar-refractivity contribution in [3.63, 3.8) is 0 Å². The molecular formula is C16H17ClN4. The van der Waals surface area contributed by atoms with Crippen molar-refractivity contribution in [3.8, 4) is 5.69 Å². The second-order valence-electron chi connectivity index (χ2n) is 4.79. The van der Waals surface area contributed by atoms with Crippen molar-refractivity contribution in [3.05, 3.63) is 47.5 Å². The van der Waals surface area contributed by atoms with E-state index < -0.39 is 0 Å². The minimum atomic E-state index is 0.624. The van der Waals surface area contributed by atoms with Crippen LogP contribution in [0.5, 0.6) is 0 Å². The SMILES string of the molecule is CCN(CC)c1ccc(-n2nc3cccc(Cl)c3n2)cc1. The molecule has 1 heterocycles. The third-order valence-electron chi connectivity index (χ3n) is 3.57. The number of hydrogen-bond acceptors (Lipinski definition) is 3. The van der Waals surface area contributed by atoms with Gasteiger partial charge in [0.05, 0.1) is 10.7 Å². The van der Waals surface area contributed by atoms with Gasteiger partial charge >= 0.3 is 0 Å². The average molecular weight is 301 g/mol. The van der Waals surface area contributed by atoms with Gasteiger partial charge in [-0.1, -0.05) is 17.7 Å². The maximum atomic E-state index is 6.14. The van der Waals surface area contributed by atoms with Crippen LogP contribution in [0.15, 0.2) is 42.5 Å². The van der Waals surface area contributed by atoms with E-state index in [1.807, 2.05) is 30.3 Å². The molecule has 0 bridgehead atoms. The first kappa shape index (κ1) is 13.9. The van der Waals surface area contributed by atoms with Crippen LogP contribution < -0.4 is 4.90 Å². The Morgan fingerprint density at radius 1 is 1.00 bits per heavy atom. The predicted octanol–water partition coefficient (Wildman–Crippen LogP) is 3.92. The van der Waals surface area contributed by atoms with Crippen LogP contribution in [0.25, 0.3) is 16.7 Å². The highest BCUT2D eigenvalue weighted by Crippen LogP contribution is 2.22. The van der Waals surface area contributed by atoms with Crippen molar-refractivity contribution < 1.29 is 0 Å². The first-order chi connectivity index (χ1) is 10.2. The minimum Gasteiger partial charge on any atom is -0.372 e. The molecular weight excluding hydrogens is 284 g/mol. The van der Waals surface area contributed by atoms with Gasteiger partial charge in [-0.15, -0.1) is 10.2 Å². The summed E-state index contributed by atoms with van der Waals surface area (Å²) >= 11 is 6.14. The highest BCUT2D eigenvalue weighted by atomic mass is 35.5. The van der Waals surface area contributed by atoms with Crippen LogP contribution in [0, 0.1) is 0 Å². The summed E-state index contributed by atoms with van der Waals surface area (Å²) in [4.78, 5) is 3.93. The zero-order chi connectivity index (χ0) is 14.8. The molecule has 0 atom stereocenters. The highest BCUT2D eigenvalue weighted by Gasteiger charge is 2.08. The molecule has 0 spiro atoms.